The third-order valence-corrected chi connectivity index (χ3v) is 7.51. The van der Waals surface area contributed by atoms with Gasteiger partial charge in [0.15, 0.2) is 11.6 Å². The van der Waals surface area contributed by atoms with Crippen molar-refractivity contribution in [3.05, 3.63) is 70.7 Å². The van der Waals surface area contributed by atoms with E-state index in [0.717, 1.165) is 6.07 Å². The quantitative estimate of drug-likeness (QED) is 0.145. The van der Waals surface area contributed by atoms with Crippen LogP contribution in [0, 0.1) is 34.7 Å². The van der Waals surface area contributed by atoms with Crippen LogP contribution in [-0.4, -0.2) is 58.0 Å². The SMILES string of the molecule is COc1ccc2ncc(CO)c(C(O)CCC3(C(=O)NO)CCN(CC#Cc4cc(F)cc(F)c4F)CC3)c2c1. The molecule has 1 atom stereocenters. The largest absolute Gasteiger partial charge is 0.497 e. The summed E-state index contributed by atoms with van der Waals surface area (Å²) in [5, 5.41) is 31.2. The normalized spacial score (nSPS) is 15.8. The number of benzene rings is 2. The van der Waals surface area contributed by atoms with Crippen LogP contribution in [0.15, 0.2) is 36.5 Å². The molecular formula is C29H30F3N3O5. The van der Waals surface area contributed by atoms with E-state index >= 15 is 0 Å². The van der Waals surface area contributed by atoms with Crippen molar-refractivity contribution in [2.45, 2.75) is 38.4 Å². The Morgan fingerprint density at radius 2 is 1.98 bits per heavy atom. The van der Waals surface area contributed by atoms with Crippen LogP contribution in [0.3, 0.4) is 0 Å². The number of amides is 1. The standard InChI is InChI=1S/C29H30F3N3O5/c1-40-21-4-5-24-22(15-21)26(19(17-36)16-33-24)25(37)6-7-29(28(38)34-39)8-11-35(12-9-29)10-2-3-18-13-20(30)14-23(31)27(18)32/h4-5,13-16,25,36-37,39H,6-12,17H2,1H3,(H,34,38). The lowest BCUT2D eigenvalue weighted by Gasteiger charge is -2.40. The van der Waals surface area contributed by atoms with Crippen molar-refractivity contribution in [1.29, 1.82) is 0 Å². The molecule has 1 fully saturated rings. The number of aliphatic hydroxyl groups is 2. The molecule has 1 amide bonds. The molecule has 3 aromatic rings. The number of carbonyl (C=O) groups is 1. The lowest BCUT2D eigenvalue weighted by atomic mass is 9.73. The molecule has 2 heterocycles. The first-order valence-electron chi connectivity index (χ1n) is 12.8. The Labute approximate surface area is 229 Å². The zero-order valence-corrected chi connectivity index (χ0v) is 21.9. The van der Waals surface area contributed by atoms with Gasteiger partial charge in [-0.15, -0.1) is 0 Å². The smallest absolute Gasteiger partial charge is 0.249 e. The molecule has 1 saturated heterocycles. The zero-order valence-electron chi connectivity index (χ0n) is 21.9. The number of aliphatic hydroxyl groups excluding tert-OH is 2. The Balaban J connectivity index is 1.47. The van der Waals surface area contributed by atoms with Crippen molar-refractivity contribution < 1.29 is 38.1 Å². The first kappa shape index (κ1) is 29.3. The van der Waals surface area contributed by atoms with Crippen LogP contribution < -0.4 is 10.2 Å². The van der Waals surface area contributed by atoms with Crippen LogP contribution in [0.25, 0.3) is 10.9 Å². The topological polar surface area (TPSA) is 115 Å². The summed E-state index contributed by atoms with van der Waals surface area (Å²) in [5.74, 6) is 1.73. The molecule has 1 unspecified atom stereocenters. The number of ether oxygens (including phenoxy) is 1. The number of halogens is 3. The van der Waals surface area contributed by atoms with Gasteiger partial charge >= 0.3 is 0 Å². The second kappa shape index (κ2) is 12.7. The molecule has 1 aliphatic rings. The molecule has 0 saturated carbocycles. The van der Waals surface area contributed by atoms with Crippen LogP contribution in [0.2, 0.25) is 0 Å². The third kappa shape index (κ3) is 6.21. The van der Waals surface area contributed by atoms with Gasteiger partial charge in [-0.25, -0.2) is 18.7 Å². The molecule has 4 rings (SSSR count). The lowest BCUT2D eigenvalue weighted by Crippen LogP contribution is -2.48. The molecule has 40 heavy (non-hydrogen) atoms. The predicted molar refractivity (Wildman–Crippen MR) is 140 cm³/mol. The number of carbonyl (C=O) groups excluding carboxylic acids is 1. The maximum absolute atomic E-state index is 13.9. The molecule has 1 aromatic heterocycles. The van der Waals surface area contributed by atoms with E-state index in [9.17, 15) is 33.4 Å². The van der Waals surface area contributed by atoms with E-state index in [1.54, 1.807) is 23.7 Å². The number of nitrogens with one attached hydrogen (secondary N) is 1. The molecule has 4 N–H and O–H groups in total. The summed E-state index contributed by atoms with van der Waals surface area (Å²) >= 11 is 0. The minimum absolute atomic E-state index is 0.168. The summed E-state index contributed by atoms with van der Waals surface area (Å²) < 4.78 is 46.0. The highest BCUT2D eigenvalue weighted by Gasteiger charge is 2.41. The Morgan fingerprint density at radius 3 is 2.65 bits per heavy atom. The Hall–Kier alpha value is -3.69. The molecule has 212 valence electrons. The fourth-order valence-corrected chi connectivity index (χ4v) is 5.18. The summed E-state index contributed by atoms with van der Waals surface area (Å²) in [5.41, 5.74) is 1.98. The van der Waals surface area contributed by atoms with Crippen LogP contribution in [0.5, 0.6) is 5.75 Å². The Bertz CT molecular complexity index is 1440. The molecule has 2 aromatic carbocycles. The molecule has 1 aliphatic heterocycles. The number of fused-ring (bicyclic) bond motifs is 1. The van der Waals surface area contributed by atoms with Crippen molar-refractivity contribution in [3.63, 3.8) is 0 Å². The minimum Gasteiger partial charge on any atom is -0.497 e. The summed E-state index contributed by atoms with van der Waals surface area (Å²) in [4.78, 5) is 19.0. The summed E-state index contributed by atoms with van der Waals surface area (Å²) in [6, 6.07) is 6.51. The monoisotopic (exact) mass is 557 g/mol. The van der Waals surface area contributed by atoms with Gasteiger partial charge in [-0.3, -0.25) is 19.9 Å². The van der Waals surface area contributed by atoms with Gasteiger partial charge in [-0.05, 0) is 55.5 Å². The molecule has 8 nitrogen and oxygen atoms in total. The van der Waals surface area contributed by atoms with Gasteiger partial charge in [0.25, 0.3) is 0 Å². The van der Waals surface area contributed by atoms with Gasteiger partial charge < -0.3 is 14.9 Å². The van der Waals surface area contributed by atoms with Crippen LogP contribution >= 0.6 is 0 Å². The average molecular weight is 558 g/mol. The second-order valence-corrected chi connectivity index (χ2v) is 9.84. The summed E-state index contributed by atoms with van der Waals surface area (Å²) in [6.07, 6.45) is 1.57. The fourth-order valence-electron chi connectivity index (χ4n) is 5.18. The molecule has 11 heteroatoms. The molecule has 0 radical (unpaired) electrons. The highest BCUT2D eigenvalue weighted by molar-refractivity contribution is 5.85. The van der Waals surface area contributed by atoms with Gasteiger partial charge in [0.2, 0.25) is 5.91 Å². The predicted octanol–water partition coefficient (Wildman–Crippen LogP) is 3.61. The maximum Gasteiger partial charge on any atom is 0.249 e. The van der Waals surface area contributed by atoms with E-state index in [1.165, 1.54) is 13.3 Å². The highest BCUT2D eigenvalue weighted by atomic mass is 19.2. The van der Waals surface area contributed by atoms with Crippen molar-refractivity contribution in [3.8, 4) is 17.6 Å². The first-order chi connectivity index (χ1) is 19.2. The van der Waals surface area contributed by atoms with Crippen molar-refractivity contribution in [2.75, 3.05) is 26.7 Å². The van der Waals surface area contributed by atoms with E-state index in [2.05, 4.69) is 16.8 Å². The van der Waals surface area contributed by atoms with Crippen LogP contribution in [0.4, 0.5) is 13.2 Å². The van der Waals surface area contributed by atoms with E-state index in [1.807, 2.05) is 4.90 Å². The highest BCUT2D eigenvalue weighted by Crippen LogP contribution is 2.40. The van der Waals surface area contributed by atoms with Gasteiger partial charge in [0, 0.05) is 36.3 Å². The van der Waals surface area contributed by atoms with Crippen molar-refractivity contribution in [1.82, 2.24) is 15.4 Å². The molecular weight excluding hydrogens is 527 g/mol. The van der Waals surface area contributed by atoms with Crippen LogP contribution in [-0.2, 0) is 11.4 Å². The third-order valence-electron chi connectivity index (χ3n) is 7.51. The van der Waals surface area contributed by atoms with E-state index in [0.29, 0.717) is 59.8 Å². The van der Waals surface area contributed by atoms with Gasteiger partial charge in [-0.2, -0.15) is 0 Å². The number of hydroxylamine groups is 1. The average Bonchev–Trinajstić information content (AvgIpc) is 2.97. The second-order valence-electron chi connectivity index (χ2n) is 9.84. The van der Waals surface area contributed by atoms with Gasteiger partial charge in [-0.1, -0.05) is 11.8 Å². The Kier molecular flexibility index (Phi) is 9.27. The molecule has 0 spiro atoms. The fraction of sp³-hybridized carbons (Fsp3) is 0.379. The number of nitrogens with zero attached hydrogens (tertiary/aromatic N) is 2. The van der Waals surface area contributed by atoms with Gasteiger partial charge in [0.05, 0.1) is 42.9 Å². The number of hydrogen-bond acceptors (Lipinski definition) is 7. The number of rotatable bonds is 8. The van der Waals surface area contributed by atoms with Gasteiger partial charge in [0.1, 0.15) is 11.6 Å². The minimum atomic E-state index is -1.31. The molecule has 0 bridgehead atoms. The summed E-state index contributed by atoms with van der Waals surface area (Å²) in [7, 11) is 1.52. The van der Waals surface area contributed by atoms with Crippen LogP contribution in [0.1, 0.15) is 48.5 Å². The number of likely N-dealkylation sites (tertiary alicyclic amines) is 1. The number of pyridine rings is 1. The number of hydrogen-bond donors (Lipinski definition) is 4. The number of piperidine rings is 1. The van der Waals surface area contributed by atoms with E-state index < -0.39 is 34.9 Å². The van der Waals surface area contributed by atoms with Crippen molar-refractivity contribution in [2.24, 2.45) is 5.41 Å². The summed E-state index contributed by atoms with van der Waals surface area (Å²) in [6.45, 7) is 0.670. The lowest BCUT2D eigenvalue weighted by molar-refractivity contribution is -0.143. The Morgan fingerprint density at radius 1 is 1.23 bits per heavy atom. The first-order valence-corrected chi connectivity index (χ1v) is 12.8. The van der Waals surface area contributed by atoms with E-state index in [-0.39, 0.29) is 31.6 Å². The molecule has 0 aliphatic carbocycles. The number of aromatic nitrogens is 1. The zero-order chi connectivity index (χ0) is 28.9. The van der Waals surface area contributed by atoms with E-state index in [4.69, 9.17) is 4.74 Å². The number of methoxy groups -OCH3 is 1. The van der Waals surface area contributed by atoms with Crippen molar-refractivity contribution >= 4 is 16.8 Å². The maximum atomic E-state index is 13.9.